The van der Waals surface area contributed by atoms with Crippen molar-refractivity contribution in [3.05, 3.63) is 46.1 Å². The highest BCUT2D eigenvalue weighted by atomic mass is 35.5. The SMILES string of the molecule is Cc1c(Cl)cccc1NC(=O)c1sc2nccnc2c1N. The van der Waals surface area contributed by atoms with Crippen LogP contribution < -0.4 is 11.1 Å². The van der Waals surface area contributed by atoms with E-state index in [1.807, 2.05) is 6.92 Å². The van der Waals surface area contributed by atoms with Crippen LogP contribution in [0.15, 0.2) is 30.6 Å². The number of nitrogens with two attached hydrogens (primary N) is 1. The lowest BCUT2D eigenvalue weighted by atomic mass is 10.2. The maximum atomic E-state index is 12.4. The number of anilines is 2. The van der Waals surface area contributed by atoms with Gasteiger partial charge in [0.2, 0.25) is 0 Å². The Labute approximate surface area is 129 Å². The number of amides is 1. The van der Waals surface area contributed by atoms with Crippen molar-refractivity contribution < 1.29 is 4.79 Å². The Morgan fingerprint density at radius 2 is 2.10 bits per heavy atom. The largest absolute Gasteiger partial charge is 0.396 e. The van der Waals surface area contributed by atoms with Crippen molar-refractivity contribution in [2.45, 2.75) is 6.92 Å². The lowest BCUT2D eigenvalue weighted by molar-refractivity contribution is 0.103. The van der Waals surface area contributed by atoms with Gasteiger partial charge in [-0.05, 0) is 24.6 Å². The predicted octanol–water partition coefficient (Wildman–Crippen LogP) is 3.49. The Balaban J connectivity index is 1.97. The van der Waals surface area contributed by atoms with E-state index >= 15 is 0 Å². The van der Waals surface area contributed by atoms with Gasteiger partial charge in [-0.1, -0.05) is 17.7 Å². The molecule has 1 aromatic carbocycles. The second-order valence-electron chi connectivity index (χ2n) is 4.42. The van der Waals surface area contributed by atoms with E-state index in [0.29, 0.717) is 31.6 Å². The fourth-order valence-corrected chi connectivity index (χ4v) is 3.03. The highest BCUT2D eigenvalue weighted by Gasteiger charge is 2.18. The first-order chi connectivity index (χ1) is 10.1. The maximum absolute atomic E-state index is 12.4. The minimum absolute atomic E-state index is 0.289. The number of nitrogens with zero attached hydrogens (tertiary/aromatic N) is 2. The van der Waals surface area contributed by atoms with Gasteiger partial charge in [-0.15, -0.1) is 11.3 Å². The molecule has 0 saturated heterocycles. The number of rotatable bonds is 2. The number of carbonyl (C=O) groups excluding carboxylic acids is 1. The molecule has 0 atom stereocenters. The van der Waals surface area contributed by atoms with Crippen LogP contribution in [0.5, 0.6) is 0 Å². The molecule has 5 nitrogen and oxygen atoms in total. The highest BCUT2D eigenvalue weighted by Crippen LogP contribution is 2.31. The van der Waals surface area contributed by atoms with Crippen LogP contribution in [-0.4, -0.2) is 15.9 Å². The van der Waals surface area contributed by atoms with Crippen molar-refractivity contribution in [1.29, 1.82) is 0 Å². The second kappa shape index (κ2) is 5.31. The van der Waals surface area contributed by atoms with Crippen LogP contribution in [0.3, 0.4) is 0 Å². The number of carbonyl (C=O) groups is 1. The number of nitrogens with one attached hydrogen (secondary N) is 1. The maximum Gasteiger partial charge on any atom is 0.268 e. The lowest BCUT2D eigenvalue weighted by Crippen LogP contribution is -2.12. The molecule has 3 N–H and O–H groups in total. The quantitative estimate of drug-likeness (QED) is 0.758. The standard InChI is InChI=1S/C14H11ClN4OS/c1-7-8(15)3-2-4-9(7)19-13(20)12-10(16)11-14(21-12)18-6-5-17-11/h2-6H,16H2,1H3,(H,19,20). The van der Waals surface area contributed by atoms with Crippen LogP contribution in [0.1, 0.15) is 15.2 Å². The summed E-state index contributed by atoms with van der Waals surface area (Å²) in [5, 5.41) is 3.42. The number of hydrogen-bond donors (Lipinski definition) is 2. The molecule has 1 amide bonds. The molecule has 0 bridgehead atoms. The van der Waals surface area contributed by atoms with Gasteiger partial charge in [-0.3, -0.25) is 4.79 Å². The highest BCUT2D eigenvalue weighted by molar-refractivity contribution is 7.21. The fraction of sp³-hybridized carbons (Fsp3) is 0.0714. The van der Waals surface area contributed by atoms with Crippen molar-refractivity contribution >= 4 is 50.6 Å². The van der Waals surface area contributed by atoms with E-state index in [0.717, 1.165) is 5.56 Å². The van der Waals surface area contributed by atoms with Crippen molar-refractivity contribution in [3.63, 3.8) is 0 Å². The zero-order chi connectivity index (χ0) is 15.0. The fourth-order valence-electron chi connectivity index (χ4n) is 1.93. The van der Waals surface area contributed by atoms with Gasteiger partial charge in [0.1, 0.15) is 15.2 Å². The summed E-state index contributed by atoms with van der Waals surface area (Å²) in [6.07, 6.45) is 3.12. The zero-order valence-electron chi connectivity index (χ0n) is 11.1. The van der Waals surface area contributed by atoms with Crippen molar-refractivity contribution in [1.82, 2.24) is 9.97 Å². The van der Waals surface area contributed by atoms with Gasteiger partial charge in [0, 0.05) is 23.1 Å². The molecule has 0 aliphatic heterocycles. The number of halogens is 1. The Bertz CT molecular complexity index is 846. The summed E-state index contributed by atoms with van der Waals surface area (Å²) in [6.45, 7) is 1.84. The first-order valence-electron chi connectivity index (χ1n) is 6.13. The average molecular weight is 319 g/mol. The van der Waals surface area contributed by atoms with Gasteiger partial charge < -0.3 is 11.1 Å². The lowest BCUT2D eigenvalue weighted by Gasteiger charge is -2.08. The topological polar surface area (TPSA) is 80.9 Å². The molecule has 0 aliphatic carbocycles. The van der Waals surface area contributed by atoms with Crippen molar-refractivity contribution in [2.75, 3.05) is 11.1 Å². The summed E-state index contributed by atoms with van der Waals surface area (Å²) in [5.41, 5.74) is 8.35. The van der Waals surface area contributed by atoms with Crippen LogP contribution in [-0.2, 0) is 0 Å². The van der Waals surface area contributed by atoms with Crippen LogP contribution in [0.2, 0.25) is 5.02 Å². The molecule has 7 heteroatoms. The first kappa shape index (κ1) is 13.8. The number of aromatic nitrogens is 2. The van der Waals surface area contributed by atoms with Gasteiger partial charge >= 0.3 is 0 Å². The van der Waals surface area contributed by atoms with Gasteiger partial charge in [-0.2, -0.15) is 0 Å². The molecule has 0 fully saturated rings. The molecule has 2 heterocycles. The van der Waals surface area contributed by atoms with Crippen molar-refractivity contribution in [3.8, 4) is 0 Å². The molecule has 106 valence electrons. The summed E-state index contributed by atoms with van der Waals surface area (Å²) in [6, 6.07) is 5.34. The molecular formula is C14H11ClN4OS. The van der Waals surface area contributed by atoms with E-state index in [4.69, 9.17) is 17.3 Å². The third kappa shape index (κ3) is 2.43. The molecule has 3 rings (SSSR count). The molecule has 0 saturated carbocycles. The molecule has 0 aliphatic rings. The van der Waals surface area contributed by atoms with E-state index in [-0.39, 0.29) is 5.91 Å². The van der Waals surface area contributed by atoms with Crippen LogP contribution in [0.4, 0.5) is 11.4 Å². The normalized spacial score (nSPS) is 10.8. The monoisotopic (exact) mass is 318 g/mol. The van der Waals surface area contributed by atoms with Gasteiger partial charge in [0.25, 0.3) is 5.91 Å². The summed E-state index contributed by atoms with van der Waals surface area (Å²) in [7, 11) is 0. The third-order valence-electron chi connectivity index (χ3n) is 3.09. The number of hydrogen-bond acceptors (Lipinski definition) is 5. The smallest absolute Gasteiger partial charge is 0.268 e. The number of thiophene rings is 1. The van der Waals surface area contributed by atoms with Gasteiger partial charge in [0.15, 0.2) is 0 Å². The zero-order valence-corrected chi connectivity index (χ0v) is 12.6. The summed E-state index contributed by atoms with van der Waals surface area (Å²) in [5.74, 6) is -0.289. The average Bonchev–Trinajstić information content (AvgIpc) is 2.82. The molecule has 21 heavy (non-hydrogen) atoms. The molecule has 0 unspecified atom stereocenters. The van der Waals surface area contributed by atoms with Crippen LogP contribution in [0, 0.1) is 6.92 Å². The van der Waals surface area contributed by atoms with Gasteiger partial charge in [-0.25, -0.2) is 9.97 Å². The number of nitrogen functional groups attached to an aromatic ring is 1. The minimum atomic E-state index is -0.289. The molecule has 0 spiro atoms. The van der Waals surface area contributed by atoms with Crippen LogP contribution >= 0.6 is 22.9 Å². The molecule has 3 aromatic rings. The predicted molar refractivity (Wildman–Crippen MR) is 86.0 cm³/mol. The van der Waals surface area contributed by atoms with Crippen molar-refractivity contribution in [2.24, 2.45) is 0 Å². The summed E-state index contributed by atoms with van der Waals surface area (Å²) < 4.78 is 0. The minimum Gasteiger partial charge on any atom is -0.396 e. The number of benzene rings is 1. The van der Waals surface area contributed by atoms with E-state index in [1.165, 1.54) is 11.3 Å². The first-order valence-corrected chi connectivity index (χ1v) is 7.33. The molecule has 0 radical (unpaired) electrons. The molecule has 2 aromatic heterocycles. The Hall–Kier alpha value is -2.18. The van der Waals surface area contributed by atoms with E-state index in [9.17, 15) is 4.79 Å². The van der Waals surface area contributed by atoms with E-state index < -0.39 is 0 Å². The number of fused-ring (bicyclic) bond motifs is 1. The Morgan fingerprint density at radius 3 is 2.86 bits per heavy atom. The van der Waals surface area contributed by atoms with Gasteiger partial charge in [0.05, 0.1) is 5.69 Å². The van der Waals surface area contributed by atoms with E-state index in [2.05, 4.69) is 15.3 Å². The van der Waals surface area contributed by atoms with Crippen LogP contribution in [0.25, 0.3) is 10.3 Å². The summed E-state index contributed by atoms with van der Waals surface area (Å²) in [4.78, 5) is 21.7. The third-order valence-corrected chi connectivity index (χ3v) is 4.60. The Kier molecular flexibility index (Phi) is 3.48. The Morgan fingerprint density at radius 1 is 1.33 bits per heavy atom. The molecular weight excluding hydrogens is 308 g/mol. The summed E-state index contributed by atoms with van der Waals surface area (Å²) >= 11 is 7.26. The second-order valence-corrected chi connectivity index (χ2v) is 5.83. The van der Waals surface area contributed by atoms with E-state index in [1.54, 1.807) is 30.6 Å².